The summed E-state index contributed by atoms with van der Waals surface area (Å²) in [5.74, 6) is -0.246. The average Bonchev–Trinajstić information content (AvgIpc) is 2.96. The lowest BCUT2D eigenvalue weighted by Crippen LogP contribution is -2.44. The predicted octanol–water partition coefficient (Wildman–Crippen LogP) is 1.51. The van der Waals surface area contributed by atoms with Crippen molar-refractivity contribution < 1.29 is 14.3 Å². The van der Waals surface area contributed by atoms with Crippen molar-refractivity contribution in [1.29, 1.82) is 0 Å². The van der Waals surface area contributed by atoms with Crippen LogP contribution < -0.4 is 10.6 Å². The molecule has 0 aliphatic carbocycles. The first-order valence-electron chi connectivity index (χ1n) is 8.57. The molecule has 1 aromatic rings. The molecular formula is C18H25N3O3. The molecule has 2 aliphatic rings. The Bertz CT molecular complexity index is 570. The van der Waals surface area contributed by atoms with Gasteiger partial charge in [-0.3, -0.25) is 15.0 Å². The van der Waals surface area contributed by atoms with Crippen LogP contribution in [0.5, 0.6) is 0 Å². The number of ether oxygens (including phenoxy) is 1. The van der Waals surface area contributed by atoms with Crippen LogP contribution in [0.15, 0.2) is 30.3 Å². The van der Waals surface area contributed by atoms with Crippen molar-refractivity contribution in [3.63, 3.8) is 0 Å². The molecule has 2 saturated heterocycles. The van der Waals surface area contributed by atoms with Gasteiger partial charge >= 0.3 is 6.03 Å². The average molecular weight is 331 g/mol. The predicted molar refractivity (Wildman–Crippen MR) is 90.4 cm³/mol. The highest BCUT2D eigenvalue weighted by atomic mass is 16.5. The van der Waals surface area contributed by atoms with Gasteiger partial charge in [-0.05, 0) is 36.8 Å². The smallest absolute Gasteiger partial charge is 0.321 e. The number of carbonyl (C=O) groups excluding carboxylic acids is 2. The zero-order valence-corrected chi connectivity index (χ0v) is 13.9. The van der Waals surface area contributed by atoms with Gasteiger partial charge in [-0.1, -0.05) is 30.3 Å². The van der Waals surface area contributed by atoms with E-state index in [1.54, 1.807) is 0 Å². The van der Waals surface area contributed by atoms with Gasteiger partial charge in [0.15, 0.2) is 0 Å². The fraction of sp³-hybridized carbons (Fsp3) is 0.556. The molecule has 2 aliphatic heterocycles. The SMILES string of the molecule is O=C(CN1CCC2(CCOCC2)C1)NC(=O)NCc1ccccc1. The Hall–Kier alpha value is -1.92. The number of amides is 3. The number of rotatable bonds is 4. The molecule has 1 spiro atoms. The molecule has 130 valence electrons. The molecule has 0 bridgehead atoms. The second-order valence-electron chi connectivity index (χ2n) is 6.79. The van der Waals surface area contributed by atoms with Crippen molar-refractivity contribution in [3.05, 3.63) is 35.9 Å². The second kappa shape index (κ2) is 7.77. The topological polar surface area (TPSA) is 70.7 Å². The third-order valence-electron chi connectivity index (χ3n) is 4.99. The van der Waals surface area contributed by atoms with Crippen LogP contribution in [-0.4, -0.2) is 49.7 Å². The summed E-state index contributed by atoms with van der Waals surface area (Å²) in [7, 11) is 0. The Balaban J connectivity index is 1.38. The van der Waals surface area contributed by atoms with Gasteiger partial charge in [0.25, 0.3) is 0 Å². The molecule has 2 N–H and O–H groups in total. The fourth-order valence-corrected chi connectivity index (χ4v) is 3.57. The van der Waals surface area contributed by atoms with Gasteiger partial charge in [-0.2, -0.15) is 0 Å². The standard InChI is InChI=1S/C18H25N3O3/c22-16(20-17(23)19-12-15-4-2-1-3-5-15)13-21-9-6-18(14-21)7-10-24-11-8-18/h1-5H,6-14H2,(H2,19,20,22,23). The van der Waals surface area contributed by atoms with Crippen molar-refractivity contribution in [2.75, 3.05) is 32.8 Å². The maximum atomic E-state index is 12.1. The molecular weight excluding hydrogens is 306 g/mol. The summed E-state index contributed by atoms with van der Waals surface area (Å²) in [4.78, 5) is 26.0. The Kier molecular flexibility index (Phi) is 5.48. The third-order valence-corrected chi connectivity index (χ3v) is 4.99. The van der Waals surface area contributed by atoms with Gasteiger partial charge in [0.1, 0.15) is 0 Å². The summed E-state index contributed by atoms with van der Waals surface area (Å²) in [5, 5.41) is 5.12. The second-order valence-corrected chi connectivity index (χ2v) is 6.79. The van der Waals surface area contributed by atoms with Crippen LogP contribution in [0, 0.1) is 5.41 Å². The van der Waals surface area contributed by atoms with Crippen molar-refractivity contribution >= 4 is 11.9 Å². The van der Waals surface area contributed by atoms with E-state index < -0.39 is 6.03 Å². The van der Waals surface area contributed by atoms with Crippen molar-refractivity contribution in [1.82, 2.24) is 15.5 Å². The van der Waals surface area contributed by atoms with Crippen LogP contribution in [0.25, 0.3) is 0 Å². The van der Waals surface area contributed by atoms with E-state index in [0.717, 1.165) is 51.1 Å². The summed E-state index contributed by atoms with van der Waals surface area (Å²) >= 11 is 0. The summed E-state index contributed by atoms with van der Waals surface area (Å²) in [6.45, 7) is 4.17. The first-order chi connectivity index (χ1) is 11.7. The lowest BCUT2D eigenvalue weighted by atomic mass is 9.80. The number of benzene rings is 1. The minimum Gasteiger partial charge on any atom is -0.381 e. The normalized spacial score (nSPS) is 20.0. The van der Waals surface area contributed by atoms with Crippen LogP contribution in [-0.2, 0) is 16.1 Å². The number of hydrogen-bond acceptors (Lipinski definition) is 4. The van der Waals surface area contributed by atoms with E-state index in [-0.39, 0.29) is 12.5 Å². The van der Waals surface area contributed by atoms with Gasteiger partial charge in [-0.15, -0.1) is 0 Å². The molecule has 3 rings (SSSR count). The molecule has 24 heavy (non-hydrogen) atoms. The van der Waals surface area contributed by atoms with Crippen LogP contribution in [0.1, 0.15) is 24.8 Å². The summed E-state index contributed by atoms with van der Waals surface area (Å²) in [5.41, 5.74) is 1.31. The highest BCUT2D eigenvalue weighted by Crippen LogP contribution is 2.39. The number of urea groups is 1. The van der Waals surface area contributed by atoms with Crippen molar-refractivity contribution in [3.8, 4) is 0 Å². The van der Waals surface area contributed by atoms with Gasteiger partial charge in [0, 0.05) is 26.3 Å². The lowest BCUT2D eigenvalue weighted by Gasteiger charge is -2.33. The van der Waals surface area contributed by atoms with E-state index in [4.69, 9.17) is 4.74 Å². The fourth-order valence-electron chi connectivity index (χ4n) is 3.57. The highest BCUT2D eigenvalue weighted by molar-refractivity contribution is 5.95. The third kappa shape index (κ3) is 4.55. The molecule has 1 aromatic carbocycles. The molecule has 6 heteroatoms. The molecule has 2 fully saturated rings. The summed E-state index contributed by atoms with van der Waals surface area (Å²) in [6.07, 6.45) is 3.26. The number of carbonyl (C=O) groups is 2. The number of imide groups is 1. The van der Waals surface area contributed by atoms with E-state index in [9.17, 15) is 9.59 Å². The molecule has 0 saturated carbocycles. The molecule has 2 heterocycles. The van der Waals surface area contributed by atoms with Gasteiger partial charge in [0.05, 0.1) is 6.54 Å². The Morgan fingerprint density at radius 2 is 1.88 bits per heavy atom. The molecule has 0 unspecified atom stereocenters. The minimum atomic E-state index is -0.441. The first kappa shape index (κ1) is 16.9. The number of nitrogens with zero attached hydrogens (tertiary/aromatic N) is 1. The molecule has 0 aromatic heterocycles. The quantitative estimate of drug-likeness (QED) is 0.877. The maximum absolute atomic E-state index is 12.1. The van der Waals surface area contributed by atoms with E-state index in [2.05, 4.69) is 15.5 Å². The molecule has 0 atom stereocenters. The zero-order valence-electron chi connectivity index (χ0n) is 13.9. The van der Waals surface area contributed by atoms with E-state index in [1.165, 1.54) is 0 Å². The Morgan fingerprint density at radius 1 is 1.12 bits per heavy atom. The van der Waals surface area contributed by atoms with Gasteiger partial charge in [-0.25, -0.2) is 4.79 Å². The van der Waals surface area contributed by atoms with E-state index >= 15 is 0 Å². The summed E-state index contributed by atoms with van der Waals surface area (Å²) < 4.78 is 5.44. The largest absolute Gasteiger partial charge is 0.381 e. The molecule has 6 nitrogen and oxygen atoms in total. The zero-order chi connectivity index (χ0) is 16.8. The number of nitrogens with one attached hydrogen (secondary N) is 2. The first-order valence-corrected chi connectivity index (χ1v) is 8.57. The van der Waals surface area contributed by atoms with Crippen molar-refractivity contribution in [2.45, 2.75) is 25.8 Å². The Morgan fingerprint density at radius 3 is 2.62 bits per heavy atom. The highest BCUT2D eigenvalue weighted by Gasteiger charge is 2.39. The van der Waals surface area contributed by atoms with Crippen LogP contribution in [0.2, 0.25) is 0 Å². The number of likely N-dealkylation sites (tertiary alicyclic amines) is 1. The molecule has 0 radical (unpaired) electrons. The summed E-state index contributed by atoms with van der Waals surface area (Å²) in [6, 6.07) is 9.18. The molecule has 3 amide bonds. The van der Waals surface area contributed by atoms with E-state index in [0.29, 0.717) is 12.0 Å². The number of hydrogen-bond donors (Lipinski definition) is 2. The maximum Gasteiger partial charge on any atom is 0.321 e. The Labute approximate surface area is 142 Å². The van der Waals surface area contributed by atoms with Crippen LogP contribution >= 0.6 is 0 Å². The van der Waals surface area contributed by atoms with Crippen LogP contribution in [0.4, 0.5) is 4.79 Å². The minimum absolute atomic E-state index is 0.246. The monoisotopic (exact) mass is 331 g/mol. The van der Waals surface area contributed by atoms with Gasteiger partial charge in [0.2, 0.25) is 5.91 Å². The van der Waals surface area contributed by atoms with Gasteiger partial charge < -0.3 is 10.1 Å². The van der Waals surface area contributed by atoms with Crippen LogP contribution in [0.3, 0.4) is 0 Å². The van der Waals surface area contributed by atoms with E-state index in [1.807, 2.05) is 30.3 Å². The van der Waals surface area contributed by atoms with Crippen molar-refractivity contribution in [2.24, 2.45) is 5.41 Å². The lowest BCUT2D eigenvalue weighted by molar-refractivity contribution is -0.121.